The van der Waals surface area contributed by atoms with E-state index in [2.05, 4.69) is 33.0 Å². The summed E-state index contributed by atoms with van der Waals surface area (Å²) in [6.07, 6.45) is 6.25. The molecule has 0 bridgehead atoms. The van der Waals surface area contributed by atoms with E-state index in [0.29, 0.717) is 0 Å². The molecule has 3 nitrogen and oxygen atoms in total. The summed E-state index contributed by atoms with van der Waals surface area (Å²) in [6.45, 7) is 10.2. The maximum Gasteiger partial charge on any atom is 0.223 e. The molecular weight excluding hydrogens is 224 g/mol. The van der Waals surface area contributed by atoms with Gasteiger partial charge in [0.25, 0.3) is 0 Å². The summed E-state index contributed by atoms with van der Waals surface area (Å²) in [4.78, 5) is 12.1. The van der Waals surface area contributed by atoms with Crippen molar-refractivity contribution in [3.05, 3.63) is 0 Å². The fraction of sp³-hybridized carbons (Fsp3) is 0.933. The maximum absolute atomic E-state index is 12.1. The molecule has 0 heterocycles. The quantitative estimate of drug-likeness (QED) is 0.631. The standard InChI is InChI=1S/C15H32N2O/c1-5-8-13(9-6-2)14(18)17-12-15(3,4)10-7-11-16/h13H,5-12,16H2,1-4H3,(H,17,18). The third-order valence-electron chi connectivity index (χ3n) is 3.44. The second-order valence-corrected chi connectivity index (χ2v) is 6.05. The fourth-order valence-corrected chi connectivity index (χ4v) is 2.24. The Morgan fingerprint density at radius 2 is 1.78 bits per heavy atom. The zero-order valence-corrected chi connectivity index (χ0v) is 12.7. The smallest absolute Gasteiger partial charge is 0.223 e. The van der Waals surface area contributed by atoms with Crippen molar-refractivity contribution >= 4 is 5.91 Å². The van der Waals surface area contributed by atoms with Crippen LogP contribution in [0.2, 0.25) is 0 Å². The summed E-state index contributed by atoms with van der Waals surface area (Å²) >= 11 is 0. The summed E-state index contributed by atoms with van der Waals surface area (Å²) < 4.78 is 0. The molecule has 0 aliphatic carbocycles. The Bertz CT molecular complexity index is 221. The minimum Gasteiger partial charge on any atom is -0.355 e. The molecule has 0 spiro atoms. The highest BCUT2D eigenvalue weighted by Gasteiger charge is 2.21. The average Bonchev–Trinajstić information content (AvgIpc) is 2.33. The van der Waals surface area contributed by atoms with Gasteiger partial charge in [0.1, 0.15) is 0 Å². The number of carbonyl (C=O) groups is 1. The largest absolute Gasteiger partial charge is 0.355 e. The van der Waals surface area contributed by atoms with Crippen molar-refractivity contribution in [2.24, 2.45) is 17.1 Å². The van der Waals surface area contributed by atoms with Crippen LogP contribution in [0.15, 0.2) is 0 Å². The molecule has 0 rings (SSSR count). The summed E-state index contributed by atoms with van der Waals surface area (Å²) in [6, 6.07) is 0. The summed E-state index contributed by atoms with van der Waals surface area (Å²) in [5, 5.41) is 3.12. The Labute approximate surface area is 113 Å². The average molecular weight is 256 g/mol. The van der Waals surface area contributed by atoms with Crippen LogP contribution in [0.5, 0.6) is 0 Å². The van der Waals surface area contributed by atoms with Gasteiger partial charge < -0.3 is 11.1 Å². The number of nitrogens with two attached hydrogens (primary N) is 1. The van der Waals surface area contributed by atoms with Crippen LogP contribution in [0, 0.1) is 11.3 Å². The Balaban J connectivity index is 4.12. The predicted octanol–water partition coefficient (Wildman–Crippen LogP) is 3.08. The van der Waals surface area contributed by atoms with Crippen LogP contribution in [0.25, 0.3) is 0 Å². The van der Waals surface area contributed by atoms with Crippen molar-refractivity contribution in [2.45, 2.75) is 66.2 Å². The Morgan fingerprint density at radius 3 is 2.22 bits per heavy atom. The monoisotopic (exact) mass is 256 g/mol. The van der Waals surface area contributed by atoms with Gasteiger partial charge in [-0.25, -0.2) is 0 Å². The van der Waals surface area contributed by atoms with E-state index in [1.54, 1.807) is 0 Å². The molecule has 0 saturated carbocycles. The summed E-state index contributed by atoms with van der Waals surface area (Å²) in [7, 11) is 0. The molecule has 0 saturated heterocycles. The van der Waals surface area contributed by atoms with Gasteiger partial charge in [-0.15, -0.1) is 0 Å². The van der Waals surface area contributed by atoms with Crippen LogP contribution in [0.3, 0.4) is 0 Å². The van der Waals surface area contributed by atoms with Gasteiger partial charge in [0.15, 0.2) is 0 Å². The van der Waals surface area contributed by atoms with Crippen molar-refractivity contribution in [3.63, 3.8) is 0 Å². The van der Waals surface area contributed by atoms with E-state index < -0.39 is 0 Å². The number of hydrogen-bond donors (Lipinski definition) is 2. The zero-order chi connectivity index (χ0) is 14.0. The van der Waals surface area contributed by atoms with Crippen LogP contribution in [-0.4, -0.2) is 19.0 Å². The van der Waals surface area contributed by atoms with Crippen LogP contribution in [0.4, 0.5) is 0 Å². The normalized spacial score (nSPS) is 11.9. The van der Waals surface area contributed by atoms with Crippen LogP contribution >= 0.6 is 0 Å². The van der Waals surface area contributed by atoms with Gasteiger partial charge in [-0.05, 0) is 37.6 Å². The molecule has 0 aromatic heterocycles. The van der Waals surface area contributed by atoms with Gasteiger partial charge >= 0.3 is 0 Å². The van der Waals surface area contributed by atoms with Crippen LogP contribution in [-0.2, 0) is 4.79 Å². The third-order valence-corrected chi connectivity index (χ3v) is 3.44. The lowest BCUT2D eigenvalue weighted by molar-refractivity contribution is -0.125. The van der Waals surface area contributed by atoms with Crippen LogP contribution in [0.1, 0.15) is 66.2 Å². The van der Waals surface area contributed by atoms with E-state index in [0.717, 1.165) is 51.6 Å². The summed E-state index contributed by atoms with van der Waals surface area (Å²) in [5.74, 6) is 0.435. The number of rotatable bonds is 10. The first-order chi connectivity index (χ1) is 8.46. The molecule has 3 N–H and O–H groups in total. The lowest BCUT2D eigenvalue weighted by Gasteiger charge is -2.26. The van der Waals surface area contributed by atoms with Gasteiger partial charge in [0.2, 0.25) is 5.91 Å². The van der Waals surface area contributed by atoms with Crippen molar-refractivity contribution in [2.75, 3.05) is 13.1 Å². The van der Waals surface area contributed by atoms with Crippen molar-refractivity contribution in [1.29, 1.82) is 0 Å². The number of hydrogen-bond acceptors (Lipinski definition) is 2. The van der Waals surface area contributed by atoms with Gasteiger partial charge in [-0.3, -0.25) is 4.79 Å². The zero-order valence-electron chi connectivity index (χ0n) is 12.7. The van der Waals surface area contributed by atoms with E-state index in [1.165, 1.54) is 0 Å². The molecule has 3 heteroatoms. The third kappa shape index (κ3) is 7.70. The number of nitrogens with one attached hydrogen (secondary N) is 1. The molecule has 0 atom stereocenters. The first kappa shape index (κ1) is 17.4. The van der Waals surface area contributed by atoms with Gasteiger partial charge in [-0.1, -0.05) is 40.5 Å². The number of carbonyl (C=O) groups excluding carboxylic acids is 1. The lowest BCUT2D eigenvalue weighted by Crippen LogP contribution is -2.38. The van der Waals surface area contributed by atoms with Gasteiger partial charge in [0, 0.05) is 12.5 Å². The summed E-state index contributed by atoms with van der Waals surface area (Å²) in [5.41, 5.74) is 5.68. The minimum atomic E-state index is 0.151. The van der Waals surface area contributed by atoms with E-state index in [1.807, 2.05) is 0 Å². The minimum absolute atomic E-state index is 0.151. The van der Waals surface area contributed by atoms with E-state index in [-0.39, 0.29) is 17.2 Å². The van der Waals surface area contributed by atoms with Crippen molar-refractivity contribution in [1.82, 2.24) is 5.32 Å². The second-order valence-electron chi connectivity index (χ2n) is 6.05. The molecule has 18 heavy (non-hydrogen) atoms. The lowest BCUT2D eigenvalue weighted by atomic mass is 9.87. The molecule has 108 valence electrons. The van der Waals surface area contributed by atoms with Gasteiger partial charge in [-0.2, -0.15) is 0 Å². The van der Waals surface area contributed by atoms with E-state index >= 15 is 0 Å². The van der Waals surface area contributed by atoms with Crippen LogP contribution < -0.4 is 11.1 Å². The molecule has 0 unspecified atom stereocenters. The second kappa shape index (κ2) is 9.37. The highest BCUT2D eigenvalue weighted by atomic mass is 16.1. The van der Waals surface area contributed by atoms with Crippen molar-refractivity contribution < 1.29 is 4.79 Å². The first-order valence-electron chi connectivity index (χ1n) is 7.44. The first-order valence-corrected chi connectivity index (χ1v) is 7.44. The molecule has 0 aliphatic rings. The topological polar surface area (TPSA) is 55.1 Å². The molecular formula is C15H32N2O. The molecule has 0 aromatic carbocycles. The van der Waals surface area contributed by atoms with Crippen molar-refractivity contribution in [3.8, 4) is 0 Å². The maximum atomic E-state index is 12.1. The molecule has 0 aromatic rings. The molecule has 1 amide bonds. The molecule has 0 fully saturated rings. The SMILES string of the molecule is CCCC(CCC)C(=O)NCC(C)(C)CCCN. The highest BCUT2D eigenvalue weighted by Crippen LogP contribution is 2.21. The molecule has 0 aliphatic heterocycles. The Hall–Kier alpha value is -0.570. The Kier molecular flexibility index (Phi) is 9.08. The fourth-order valence-electron chi connectivity index (χ4n) is 2.24. The predicted molar refractivity (Wildman–Crippen MR) is 78.4 cm³/mol. The van der Waals surface area contributed by atoms with E-state index in [9.17, 15) is 4.79 Å². The van der Waals surface area contributed by atoms with E-state index in [4.69, 9.17) is 5.73 Å². The van der Waals surface area contributed by atoms with Gasteiger partial charge in [0.05, 0.1) is 0 Å². The number of amides is 1. The Morgan fingerprint density at radius 1 is 1.22 bits per heavy atom. The highest BCUT2D eigenvalue weighted by molar-refractivity contribution is 5.78. The molecule has 0 radical (unpaired) electrons.